The molecule has 3 aromatic rings. The van der Waals surface area contributed by atoms with E-state index in [9.17, 15) is 18.8 Å². The zero-order valence-corrected chi connectivity index (χ0v) is 19.3. The molecule has 0 unspecified atom stereocenters. The molecule has 2 N–H and O–H groups in total. The van der Waals surface area contributed by atoms with Crippen LogP contribution in [0.3, 0.4) is 0 Å². The van der Waals surface area contributed by atoms with Gasteiger partial charge in [-0.1, -0.05) is 43.0 Å². The first-order chi connectivity index (χ1) is 15.8. The lowest BCUT2D eigenvalue weighted by Crippen LogP contribution is -2.26. The molecule has 2 amide bonds. The molecule has 0 aliphatic rings. The molecule has 3 rings (SSSR count). The summed E-state index contributed by atoms with van der Waals surface area (Å²) in [4.78, 5) is 36.6. The van der Waals surface area contributed by atoms with Gasteiger partial charge in [-0.25, -0.2) is 4.39 Å². The van der Waals surface area contributed by atoms with Crippen molar-refractivity contribution in [1.82, 2.24) is 20.1 Å². The monoisotopic (exact) mass is 469 g/mol. The third-order valence-corrected chi connectivity index (χ3v) is 6.30. The van der Waals surface area contributed by atoms with Crippen LogP contribution < -0.4 is 10.6 Å². The molecule has 8 nitrogen and oxygen atoms in total. The summed E-state index contributed by atoms with van der Waals surface area (Å²) >= 11 is 1.24. The predicted octanol–water partition coefficient (Wildman–Crippen LogP) is 3.60. The van der Waals surface area contributed by atoms with Gasteiger partial charge in [-0.15, -0.1) is 10.2 Å². The highest BCUT2D eigenvalue weighted by atomic mass is 32.2. The lowest BCUT2D eigenvalue weighted by Gasteiger charge is -2.14. The molecule has 1 heterocycles. The predicted molar refractivity (Wildman–Crippen MR) is 124 cm³/mol. The number of nitrogens with zero attached hydrogens (tertiary/aromatic N) is 3. The molecule has 0 saturated heterocycles. The van der Waals surface area contributed by atoms with Gasteiger partial charge < -0.3 is 15.2 Å². The van der Waals surface area contributed by atoms with Gasteiger partial charge in [0.25, 0.3) is 5.91 Å². The maximum absolute atomic E-state index is 13.8. The average Bonchev–Trinajstić information content (AvgIpc) is 3.15. The Bertz CT molecular complexity index is 1180. The zero-order valence-electron chi connectivity index (χ0n) is 18.5. The molecule has 2 aromatic carbocycles. The van der Waals surface area contributed by atoms with Gasteiger partial charge in [0.15, 0.2) is 16.8 Å². The van der Waals surface area contributed by atoms with Crippen molar-refractivity contribution in [3.05, 3.63) is 71.3 Å². The van der Waals surface area contributed by atoms with Crippen molar-refractivity contribution in [3.8, 4) is 0 Å². The fourth-order valence-electron chi connectivity index (χ4n) is 2.99. The summed E-state index contributed by atoms with van der Waals surface area (Å²) in [6, 6.07) is 12.5. The molecular formula is C23H24FN5O3S. The van der Waals surface area contributed by atoms with Crippen LogP contribution in [0.25, 0.3) is 0 Å². The number of rotatable bonds is 9. The minimum Gasteiger partial charge on any atom is -0.345 e. The first-order valence-corrected chi connectivity index (χ1v) is 11.2. The standard InChI is InChI=1S/C23H24FN5O3S/c1-4-19(22(32)26-16-9-7-8-15(12-16)14(2)30)33-23-28-27-20(29(23)3)13-25-21(31)17-10-5-6-11-18(17)24/h5-12,19H,4,13H2,1-3H3,(H,25,31)(H,26,32)/t19-/m1/s1. The number of halogens is 1. The number of carbonyl (C=O) groups is 3. The molecule has 0 radical (unpaired) electrons. The van der Waals surface area contributed by atoms with Gasteiger partial charge in [0, 0.05) is 18.3 Å². The molecular weight excluding hydrogens is 445 g/mol. The van der Waals surface area contributed by atoms with E-state index in [-0.39, 0.29) is 23.8 Å². The topological polar surface area (TPSA) is 106 Å². The van der Waals surface area contributed by atoms with E-state index in [0.29, 0.717) is 28.7 Å². The van der Waals surface area contributed by atoms with Gasteiger partial charge in [-0.2, -0.15) is 0 Å². The number of aromatic nitrogens is 3. The minimum absolute atomic E-state index is 0.0502. The van der Waals surface area contributed by atoms with Crippen LogP contribution in [0.4, 0.5) is 10.1 Å². The summed E-state index contributed by atoms with van der Waals surface area (Å²) in [5.41, 5.74) is 1.01. The average molecular weight is 470 g/mol. The Morgan fingerprint density at radius 3 is 2.58 bits per heavy atom. The summed E-state index contributed by atoms with van der Waals surface area (Å²) in [5.74, 6) is -0.993. The van der Waals surface area contributed by atoms with Crippen molar-refractivity contribution < 1.29 is 18.8 Å². The Labute approximate surface area is 195 Å². The number of benzene rings is 2. The molecule has 10 heteroatoms. The molecule has 1 aromatic heterocycles. The summed E-state index contributed by atoms with van der Waals surface area (Å²) in [5, 5.41) is 13.7. The number of anilines is 1. The van der Waals surface area contributed by atoms with Gasteiger partial charge >= 0.3 is 0 Å². The Balaban J connectivity index is 1.63. The zero-order chi connectivity index (χ0) is 24.0. The van der Waals surface area contributed by atoms with E-state index < -0.39 is 17.0 Å². The quantitative estimate of drug-likeness (QED) is 0.366. The SMILES string of the molecule is CC[C@@H](Sc1nnc(CNC(=O)c2ccccc2F)n1C)C(=O)Nc1cccc(C(C)=O)c1. The first-order valence-electron chi connectivity index (χ1n) is 10.3. The van der Waals surface area contributed by atoms with E-state index in [2.05, 4.69) is 20.8 Å². The normalized spacial score (nSPS) is 11.6. The van der Waals surface area contributed by atoms with Crippen molar-refractivity contribution >= 4 is 35.0 Å². The maximum Gasteiger partial charge on any atom is 0.254 e. The van der Waals surface area contributed by atoms with Crippen LogP contribution in [0, 0.1) is 5.82 Å². The van der Waals surface area contributed by atoms with Gasteiger partial charge in [-0.05, 0) is 37.6 Å². The Kier molecular flexibility index (Phi) is 7.94. The van der Waals surface area contributed by atoms with Crippen molar-refractivity contribution in [2.45, 2.75) is 37.2 Å². The molecule has 1 atom stereocenters. The number of Topliss-reactive ketones (excluding diaryl/α,β-unsaturated/α-hetero) is 1. The third-order valence-electron chi connectivity index (χ3n) is 4.90. The molecule has 172 valence electrons. The fourth-order valence-corrected chi connectivity index (χ4v) is 3.93. The van der Waals surface area contributed by atoms with Gasteiger partial charge in [-0.3, -0.25) is 14.4 Å². The van der Waals surface area contributed by atoms with E-state index in [4.69, 9.17) is 0 Å². The van der Waals surface area contributed by atoms with Crippen LogP contribution in [0.1, 0.15) is 46.8 Å². The lowest BCUT2D eigenvalue weighted by molar-refractivity contribution is -0.115. The first kappa shape index (κ1) is 24.1. The van der Waals surface area contributed by atoms with E-state index in [1.54, 1.807) is 41.9 Å². The number of carbonyl (C=O) groups excluding carboxylic acids is 3. The van der Waals surface area contributed by atoms with Crippen molar-refractivity contribution in [1.29, 1.82) is 0 Å². The number of thioether (sulfide) groups is 1. The summed E-state index contributed by atoms with van der Waals surface area (Å²) < 4.78 is 15.5. The maximum atomic E-state index is 13.8. The molecule has 0 aliphatic carbocycles. The van der Waals surface area contributed by atoms with E-state index in [1.807, 2.05) is 6.92 Å². The molecule has 0 saturated carbocycles. The second-order valence-corrected chi connectivity index (χ2v) is 8.43. The Hall–Kier alpha value is -3.53. The van der Waals surface area contributed by atoms with Crippen LogP contribution in [0.15, 0.2) is 53.7 Å². The largest absolute Gasteiger partial charge is 0.345 e. The summed E-state index contributed by atoms with van der Waals surface area (Å²) in [6.07, 6.45) is 0.537. The Morgan fingerprint density at radius 2 is 1.88 bits per heavy atom. The van der Waals surface area contributed by atoms with Crippen LogP contribution >= 0.6 is 11.8 Å². The van der Waals surface area contributed by atoms with Crippen molar-refractivity contribution in [2.24, 2.45) is 7.05 Å². The van der Waals surface area contributed by atoms with Crippen LogP contribution in [-0.2, 0) is 18.4 Å². The molecule has 0 aliphatic heterocycles. The highest BCUT2D eigenvalue weighted by molar-refractivity contribution is 8.00. The van der Waals surface area contributed by atoms with E-state index in [1.165, 1.54) is 36.9 Å². The minimum atomic E-state index is -0.602. The van der Waals surface area contributed by atoms with E-state index >= 15 is 0 Å². The van der Waals surface area contributed by atoms with Gasteiger partial charge in [0.2, 0.25) is 5.91 Å². The number of hydrogen-bond donors (Lipinski definition) is 2. The Morgan fingerprint density at radius 1 is 1.12 bits per heavy atom. The van der Waals surface area contributed by atoms with Crippen LogP contribution in [0.2, 0.25) is 0 Å². The number of ketones is 1. The highest BCUT2D eigenvalue weighted by Gasteiger charge is 2.22. The molecule has 0 bridgehead atoms. The number of hydrogen-bond acceptors (Lipinski definition) is 6. The van der Waals surface area contributed by atoms with Crippen LogP contribution in [0.5, 0.6) is 0 Å². The van der Waals surface area contributed by atoms with Crippen molar-refractivity contribution in [3.63, 3.8) is 0 Å². The van der Waals surface area contributed by atoms with Gasteiger partial charge in [0.1, 0.15) is 5.82 Å². The molecule has 0 fully saturated rings. The molecule has 0 spiro atoms. The number of amides is 2. The fraction of sp³-hybridized carbons (Fsp3) is 0.261. The lowest BCUT2D eigenvalue weighted by atomic mass is 10.1. The van der Waals surface area contributed by atoms with Crippen LogP contribution in [-0.4, -0.2) is 37.6 Å². The molecule has 33 heavy (non-hydrogen) atoms. The highest BCUT2D eigenvalue weighted by Crippen LogP contribution is 2.25. The number of nitrogens with one attached hydrogen (secondary N) is 2. The third kappa shape index (κ3) is 6.04. The summed E-state index contributed by atoms with van der Waals surface area (Å²) in [7, 11) is 1.73. The second kappa shape index (κ2) is 10.9. The second-order valence-electron chi connectivity index (χ2n) is 7.26. The smallest absolute Gasteiger partial charge is 0.254 e. The summed E-state index contributed by atoms with van der Waals surface area (Å²) in [6.45, 7) is 3.41. The van der Waals surface area contributed by atoms with Crippen molar-refractivity contribution in [2.75, 3.05) is 5.32 Å². The van der Waals surface area contributed by atoms with E-state index in [0.717, 1.165) is 0 Å². The van der Waals surface area contributed by atoms with Gasteiger partial charge in [0.05, 0.1) is 17.4 Å².